The van der Waals surface area contributed by atoms with E-state index in [4.69, 9.17) is 0 Å². The van der Waals surface area contributed by atoms with Gasteiger partial charge in [0.25, 0.3) is 6.43 Å². The van der Waals surface area contributed by atoms with Crippen molar-refractivity contribution in [1.82, 2.24) is 5.32 Å². The molecule has 1 nitrogen and oxygen atoms in total. The van der Waals surface area contributed by atoms with Crippen molar-refractivity contribution >= 4 is 0 Å². The van der Waals surface area contributed by atoms with Crippen LogP contribution in [-0.4, -0.2) is 6.54 Å². The summed E-state index contributed by atoms with van der Waals surface area (Å²) in [4.78, 5) is 0. The number of nitrogens with one attached hydrogen (secondary N) is 1. The van der Waals surface area contributed by atoms with Gasteiger partial charge in [-0.3, -0.25) is 0 Å². The van der Waals surface area contributed by atoms with E-state index in [1.165, 1.54) is 6.07 Å². The SMILES string of the molecule is FC(F)c1cccc2c1CNCC2. The molecule has 2 rings (SSSR count). The molecule has 70 valence electrons. The molecule has 0 aromatic heterocycles. The van der Waals surface area contributed by atoms with Crippen LogP contribution >= 0.6 is 0 Å². The molecule has 0 fully saturated rings. The number of hydrogen-bond donors (Lipinski definition) is 1. The highest BCUT2D eigenvalue weighted by Gasteiger charge is 2.17. The Morgan fingerprint density at radius 1 is 1.31 bits per heavy atom. The van der Waals surface area contributed by atoms with Crippen LogP contribution in [0.1, 0.15) is 23.1 Å². The first kappa shape index (κ1) is 8.63. The maximum Gasteiger partial charge on any atom is 0.264 e. The summed E-state index contributed by atoms with van der Waals surface area (Å²) < 4.78 is 25.1. The lowest BCUT2D eigenvalue weighted by atomic mass is 9.96. The summed E-state index contributed by atoms with van der Waals surface area (Å²) in [5, 5.41) is 3.10. The van der Waals surface area contributed by atoms with Crippen LogP contribution in [0.3, 0.4) is 0 Å². The van der Waals surface area contributed by atoms with Crippen molar-refractivity contribution in [3.05, 3.63) is 34.9 Å². The Hall–Kier alpha value is -0.960. The van der Waals surface area contributed by atoms with E-state index in [-0.39, 0.29) is 5.56 Å². The molecule has 1 aliphatic heterocycles. The van der Waals surface area contributed by atoms with Gasteiger partial charge < -0.3 is 5.32 Å². The van der Waals surface area contributed by atoms with Crippen molar-refractivity contribution in [1.29, 1.82) is 0 Å². The lowest BCUT2D eigenvalue weighted by molar-refractivity contribution is 0.149. The maximum absolute atomic E-state index is 12.5. The van der Waals surface area contributed by atoms with Crippen molar-refractivity contribution in [2.45, 2.75) is 19.4 Å². The molecule has 0 saturated carbocycles. The molecule has 13 heavy (non-hydrogen) atoms. The summed E-state index contributed by atoms with van der Waals surface area (Å²) in [6, 6.07) is 5.16. The van der Waals surface area contributed by atoms with Gasteiger partial charge in [0.05, 0.1) is 0 Å². The third-order valence-corrected chi connectivity index (χ3v) is 2.42. The van der Waals surface area contributed by atoms with Crippen LogP contribution in [-0.2, 0) is 13.0 Å². The van der Waals surface area contributed by atoms with E-state index in [1.807, 2.05) is 6.07 Å². The number of rotatable bonds is 1. The monoisotopic (exact) mass is 183 g/mol. The van der Waals surface area contributed by atoms with Gasteiger partial charge in [-0.2, -0.15) is 0 Å². The van der Waals surface area contributed by atoms with Crippen LogP contribution in [0.25, 0.3) is 0 Å². The molecule has 1 N–H and O–H groups in total. The van der Waals surface area contributed by atoms with Gasteiger partial charge in [-0.1, -0.05) is 18.2 Å². The van der Waals surface area contributed by atoms with Gasteiger partial charge in [-0.05, 0) is 24.1 Å². The summed E-state index contributed by atoms with van der Waals surface area (Å²) in [7, 11) is 0. The molecule has 1 heterocycles. The lowest BCUT2D eigenvalue weighted by Crippen LogP contribution is -2.24. The van der Waals surface area contributed by atoms with Crippen molar-refractivity contribution in [2.75, 3.05) is 6.54 Å². The van der Waals surface area contributed by atoms with Crippen LogP contribution in [0.15, 0.2) is 18.2 Å². The number of halogens is 2. The Balaban J connectivity index is 2.46. The molecule has 0 unspecified atom stereocenters. The third kappa shape index (κ3) is 1.56. The van der Waals surface area contributed by atoms with Crippen LogP contribution in [0, 0.1) is 0 Å². The average molecular weight is 183 g/mol. The zero-order valence-electron chi connectivity index (χ0n) is 7.19. The number of hydrogen-bond acceptors (Lipinski definition) is 1. The first-order valence-corrected chi connectivity index (χ1v) is 4.38. The minimum atomic E-state index is -2.35. The van der Waals surface area contributed by atoms with Gasteiger partial charge in [0.15, 0.2) is 0 Å². The Kier molecular flexibility index (Phi) is 2.27. The van der Waals surface area contributed by atoms with Gasteiger partial charge in [0.2, 0.25) is 0 Å². The zero-order valence-corrected chi connectivity index (χ0v) is 7.19. The van der Waals surface area contributed by atoms with Gasteiger partial charge in [0, 0.05) is 12.1 Å². The Bertz CT molecular complexity index is 310. The molecular weight excluding hydrogens is 172 g/mol. The Labute approximate surface area is 75.8 Å². The predicted octanol–water partition coefficient (Wildman–Crippen LogP) is 2.27. The summed E-state index contributed by atoms with van der Waals surface area (Å²) in [5.41, 5.74) is 2.05. The highest BCUT2D eigenvalue weighted by molar-refractivity contribution is 5.37. The fraction of sp³-hybridized carbons (Fsp3) is 0.400. The molecule has 0 saturated heterocycles. The zero-order chi connectivity index (χ0) is 9.26. The molecule has 0 aliphatic carbocycles. The number of benzene rings is 1. The molecule has 0 radical (unpaired) electrons. The highest BCUT2D eigenvalue weighted by atomic mass is 19.3. The van der Waals surface area contributed by atoms with Gasteiger partial charge in [-0.15, -0.1) is 0 Å². The minimum absolute atomic E-state index is 0.185. The van der Waals surface area contributed by atoms with E-state index < -0.39 is 6.43 Å². The molecule has 0 amide bonds. The van der Waals surface area contributed by atoms with Gasteiger partial charge >= 0.3 is 0 Å². The second-order valence-corrected chi connectivity index (χ2v) is 3.21. The second-order valence-electron chi connectivity index (χ2n) is 3.21. The fourth-order valence-corrected chi connectivity index (χ4v) is 1.75. The van der Waals surface area contributed by atoms with Crippen molar-refractivity contribution in [3.63, 3.8) is 0 Å². The van der Waals surface area contributed by atoms with E-state index in [0.717, 1.165) is 24.1 Å². The summed E-state index contributed by atoms with van der Waals surface area (Å²) in [6.45, 7) is 1.47. The highest BCUT2D eigenvalue weighted by Crippen LogP contribution is 2.26. The fourth-order valence-electron chi connectivity index (χ4n) is 1.75. The van der Waals surface area contributed by atoms with Gasteiger partial charge in [-0.25, -0.2) is 8.78 Å². The lowest BCUT2D eigenvalue weighted by Gasteiger charge is -2.19. The van der Waals surface area contributed by atoms with Crippen LogP contribution in [0.2, 0.25) is 0 Å². The van der Waals surface area contributed by atoms with Crippen LogP contribution < -0.4 is 5.32 Å². The quantitative estimate of drug-likeness (QED) is 0.704. The van der Waals surface area contributed by atoms with Gasteiger partial charge in [0.1, 0.15) is 0 Å². The smallest absolute Gasteiger partial charge is 0.264 e. The van der Waals surface area contributed by atoms with Crippen molar-refractivity contribution in [2.24, 2.45) is 0 Å². The van der Waals surface area contributed by atoms with E-state index in [0.29, 0.717) is 6.54 Å². The molecule has 1 aliphatic rings. The average Bonchev–Trinajstić information content (AvgIpc) is 2.17. The molecule has 0 bridgehead atoms. The summed E-state index contributed by atoms with van der Waals surface area (Å²) >= 11 is 0. The molecule has 0 atom stereocenters. The van der Waals surface area contributed by atoms with E-state index in [2.05, 4.69) is 5.32 Å². The first-order valence-electron chi connectivity index (χ1n) is 4.38. The molecule has 0 spiro atoms. The second kappa shape index (κ2) is 3.42. The molecule has 1 aromatic rings. The largest absolute Gasteiger partial charge is 0.312 e. The normalized spacial score (nSPS) is 15.9. The Morgan fingerprint density at radius 3 is 2.92 bits per heavy atom. The van der Waals surface area contributed by atoms with E-state index in [9.17, 15) is 8.78 Å². The topological polar surface area (TPSA) is 12.0 Å². The number of alkyl halides is 2. The number of fused-ring (bicyclic) bond motifs is 1. The standard InChI is InChI=1S/C10H11F2N/c11-10(12)8-3-1-2-7-4-5-13-6-9(7)8/h1-3,10,13H,4-6H2. The van der Waals surface area contributed by atoms with E-state index in [1.54, 1.807) is 6.07 Å². The van der Waals surface area contributed by atoms with Crippen LogP contribution in [0.5, 0.6) is 0 Å². The third-order valence-electron chi connectivity index (χ3n) is 2.42. The predicted molar refractivity (Wildman–Crippen MR) is 46.8 cm³/mol. The first-order chi connectivity index (χ1) is 6.29. The molecule has 1 aromatic carbocycles. The maximum atomic E-state index is 12.5. The van der Waals surface area contributed by atoms with Crippen molar-refractivity contribution < 1.29 is 8.78 Å². The minimum Gasteiger partial charge on any atom is -0.312 e. The Morgan fingerprint density at radius 2 is 2.15 bits per heavy atom. The van der Waals surface area contributed by atoms with Crippen LogP contribution in [0.4, 0.5) is 8.78 Å². The summed E-state index contributed by atoms with van der Waals surface area (Å²) in [6.07, 6.45) is -1.49. The molecule has 3 heteroatoms. The van der Waals surface area contributed by atoms with Crippen molar-refractivity contribution in [3.8, 4) is 0 Å². The molecular formula is C10H11F2N. The summed E-state index contributed by atoms with van der Waals surface area (Å²) in [5.74, 6) is 0. The van der Waals surface area contributed by atoms with E-state index >= 15 is 0 Å².